The number of fused-ring (bicyclic) bond motifs is 5. The minimum Gasteiger partial charge on any atom is -0.447 e. The van der Waals surface area contributed by atoms with E-state index in [1.54, 1.807) is 9.80 Å². The van der Waals surface area contributed by atoms with Crippen molar-refractivity contribution in [1.82, 2.24) is 25.8 Å². The Morgan fingerprint density at radius 2 is 0.638 bits per heavy atom. The summed E-state index contributed by atoms with van der Waals surface area (Å²) in [6.07, 6.45) is 11.3. The smallest absolute Gasteiger partial charge is 0.414 e. The molecule has 10 heterocycles. The van der Waals surface area contributed by atoms with E-state index in [0.717, 1.165) is 130 Å². The monoisotopic (exact) mass is 1270 g/mol. The van der Waals surface area contributed by atoms with Gasteiger partial charge in [-0.1, -0.05) is 74.5 Å². The van der Waals surface area contributed by atoms with E-state index in [2.05, 4.69) is 149 Å². The van der Waals surface area contributed by atoms with Crippen LogP contribution in [-0.2, 0) is 50.9 Å². The van der Waals surface area contributed by atoms with Gasteiger partial charge in [0.25, 0.3) is 0 Å². The summed E-state index contributed by atoms with van der Waals surface area (Å²) in [5, 5.41) is 10.4. The third-order valence-corrected chi connectivity index (χ3v) is 25.0. The van der Waals surface area contributed by atoms with Crippen molar-refractivity contribution in [2.75, 3.05) is 149 Å². The van der Waals surface area contributed by atoms with Gasteiger partial charge in [0.05, 0.1) is 13.1 Å². The highest BCUT2D eigenvalue weighted by Crippen LogP contribution is 2.61. The Morgan fingerprint density at radius 1 is 0.362 bits per heavy atom. The molecule has 5 saturated carbocycles. The van der Waals surface area contributed by atoms with Crippen LogP contribution in [0, 0.1) is 29.6 Å². The largest absolute Gasteiger partial charge is 0.447 e. The van der Waals surface area contributed by atoms with Crippen molar-refractivity contribution in [2.45, 2.75) is 112 Å². The van der Waals surface area contributed by atoms with Crippen molar-refractivity contribution < 1.29 is 33.4 Å². The highest BCUT2D eigenvalue weighted by Gasteiger charge is 2.62. The predicted octanol–water partition coefficient (Wildman–Crippen LogP) is 9.50. The van der Waals surface area contributed by atoms with Gasteiger partial charge in [-0.05, 0) is 202 Å². The number of ether oxygens (including phenoxy) is 2. The molecular weight excluding hydrogens is 1180 g/mol. The van der Waals surface area contributed by atoms with Crippen LogP contribution in [0.5, 0.6) is 0 Å². The average Bonchev–Trinajstić information content (AvgIpc) is 1.63. The quantitative estimate of drug-likeness (QED) is 0.109. The highest BCUT2D eigenvalue weighted by atomic mass is 16.6. The first-order valence-corrected chi connectivity index (χ1v) is 35.7. The molecule has 0 bridgehead atoms. The van der Waals surface area contributed by atoms with Crippen molar-refractivity contribution in [3.63, 3.8) is 0 Å². The topological polar surface area (TPSA) is 163 Å². The number of nitrogens with one attached hydrogen (secondary N) is 3. The second-order valence-electron chi connectivity index (χ2n) is 30.0. The molecule has 94 heavy (non-hydrogen) atoms. The van der Waals surface area contributed by atoms with Crippen LogP contribution < -0.4 is 40.4 Å². The molecule has 3 N–H and O–H groups in total. The van der Waals surface area contributed by atoms with Gasteiger partial charge in [-0.3, -0.25) is 24.2 Å². The molecule has 10 unspecified atom stereocenters. The van der Waals surface area contributed by atoms with Crippen molar-refractivity contribution in [3.8, 4) is 0 Å². The molecule has 5 amide bonds. The molecule has 15 fully saturated rings. The van der Waals surface area contributed by atoms with Crippen LogP contribution >= 0.6 is 0 Å². The minimum absolute atomic E-state index is 0.224. The van der Waals surface area contributed by atoms with Crippen LogP contribution in [0.4, 0.5) is 38.0 Å². The molecule has 10 atom stereocenters. The van der Waals surface area contributed by atoms with Gasteiger partial charge in [0.2, 0.25) is 17.7 Å². The Bertz CT molecular complexity index is 3360. The molecule has 0 spiro atoms. The Hall–Kier alpha value is -7.15. The van der Waals surface area contributed by atoms with Crippen molar-refractivity contribution in [3.05, 3.63) is 149 Å². The molecule has 10 saturated heterocycles. The van der Waals surface area contributed by atoms with Gasteiger partial charge in [0.15, 0.2) is 0 Å². The van der Waals surface area contributed by atoms with Crippen LogP contribution in [0.25, 0.3) is 0 Å². The van der Waals surface area contributed by atoms with E-state index in [0.29, 0.717) is 72.6 Å². The number of rotatable bonds is 12. The molecule has 15 aliphatic rings. The highest BCUT2D eigenvalue weighted by molar-refractivity contribution is 5.97. The van der Waals surface area contributed by atoms with E-state index >= 15 is 0 Å². The number of benzene rings is 5. The van der Waals surface area contributed by atoms with Gasteiger partial charge in [0.1, 0.15) is 13.2 Å². The maximum atomic E-state index is 11.8. The fourth-order valence-electron chi connectivity index (χ4n) is 18.8. The van der Waals surface area contributed by atoms with Crippen molar-refractivity contribution in [2.24, 2.45) is 29.6 Å². The van der Waals surface area contributed by atoms with E-state index in [9.17, 15) is 24.0 Å². The summed E-state index contributed by atoms with van der Waals surface area (Å²) in [5.74, 6) is 5.03. The fraction of sp³-hybridized carbons (Fsp3) is 0.545. The average molecular weight is 1270 g/mol. The molecule has 0 radical (unpaired) electrons. The summed E-state index contributed by atoms with van der Waals surface area (Å²) in [4.78, 5) is 72.5. The standard InChI is InChI=1S/C17H22N2O.C16H20N2O2.2C15H18N2O.C14H16N2O2/c1-2-18-11-14-10-17(14,12-18)13-5-7-15(8-6-13)19-9-3-4-16(19)20;1-2-17-10-13-9-16(13,11-17)12-3-5-14(6-4-12)18-7-8-20-15(18)19;2*18-14-2-1-7-17(14)13-5-3-11(4-6-13)15-8-12(15)9-16-10-15;17-13-16(5-6-18-13)12-3-1-10(2-4-12)14-7-11(14)8-15-9-14/h5-8,14H,2-4,9-12H2,1H3;3-6,13H,2,7-11H2,1H3;2*3-6,12,16H,1-2,7-10H2;1-4,11,15H,5-9H2. The molecule has 5 aromatic carbocycles. The molecule has 17 nitrogen and oxygen atoms in total. The van der Waals surface area contributed by atoms with Gasteiger partial charge < -0.3 is 49.9 Å². The number of piperidine rings is 5. The van der Waals surface area contributed by atoms with E-state index < -0.39 is 0 Å². The van der Waals surface area contributed by atoms with Crippen molar-refractivity contribution in [1.29, 1.82) is 0 Å². The van der Waals surface area contributed by atoms with Gasteiger partial charge >= 0.3 is 12.2 Å². The van der Waals surface area contributed by atoms with E-state index in [-0.39, 0.29) is 29.9 Å². The Kier molecular flexibility index (Phi) is 16.1. The predicted molar refractivity (Wildman–Crippen MR) is 366 cm³/mol. The molecule has 5 aromatic rings. The molecule has 494 valence electrons. The summed E-state index contributed by atoms with van der Waals surface area (Å²) in [5.41, 5.74) is 14.4. The number of hydrogen-bond donors (Lipinski definition) is 3. The number of cyclic esters (lactones) is 2. The second-order valence-corrected chi connectivity index (χ2v) is 30.0. The summed E-state index contributed by atoms with van der Waals surface area (Å²) >= 11 is 0. The number of carbonyl (C=O) groups is 5. The third-order valence-electron chi connectivity index (χ3n) is 25.0. The molecule has 5 aliphatic carbocycles. The van der Waals surface area contributed by atoms with Gasteiger partial charge in [0, 0.05) is 140 Å². The summed E-state index contributed by atoms with van der Waals surface area (Å²) < 4.78 is 9.94. The normalized spacial score (nSPS) is 33.2. The lowest BCUT2D eigenvalue weighted by Crippen LogP contribution is -2.26. The number of nitrogens with zero attached hydrogens (tertiary/aromatic N) is 7. The van der Waals surface area contributed by atoms with Crippen LogP contribution in [0.2, 0.25) is 0 Å². The molecule has 10 aliphatic heterocycles. The number of likely N-dealkylation sites (N-methyl/N-ethyl adjacent to an activating group) is 2. The summed E-state index contributed by atoms with van der Waals surface area (Å²) in [7, 11) is 0. The van der Waals surface area contributed by atoms with Gasteiger partial charge in [-0.25, -0.2) is 9.59 Å². The molecule has 17 heteroatoms. The van der Waals surface area contributed by atoms with Gasteiger partial charge in [-0.15, -0.1) is 0 Å². The zero-order valence-corrected chi connectivity index (χ0v) is 55.1. The SMILES string of the molecule is CCN1CC2CC2(c2ccc(N3CCCC3=O)cc2)C1.CCN1CC2CC2(c2ccc(N3CCOC3=O)cc2)C1.O=C1CCCN1c1ccc(C23CNCC2C3)cc1.O=C1CCCN1c1ccc(C23CNCC2C3)cc1.O=C1OCCN1c1ccc(C23CNCC2C3)cc1. The lowest BCUT2D eigenvalue weighted by atomic mass is 9.95. The zero-order valence-electron chi connectivity index (χ0n) is 55.1. The van der Waals surface area contributed by atoms with E-state index in [1.165, 1.54) is 106 Å². The third kappa shape index (κ3) is 11.2. The first kappa shape index (κ1) is 61.7. The number of anilines is 5. The summed E-state index contributed by atoms with van der Waals surface area (Å²) in [6.45, 7) is 23.5. The molecule has 20 rings (SSSR count). The Labute approximate surface area is 554 Å². The van der Waals surface area contributed by atoms with E-state index in [1.807, 2.05) is 26.8 Å². The van der Waals surface area contributed by atoms with Gasteiger partial charge in [-0.2, -0.15) is 0 Å². The number of carbonyl (C=O) groups excluding carboxylic acids is 5. The van der Waals surface area contributed by atoms with Crippen LogP contribution in [0.3, 0.4) is 0 Å². The minimum atomic E-state index is -0.229. The van der Waals surface area contributed by atoms with Crippen molar-refractivity contribution >= 4 is 58.3 Å². The van der Waals surface area contributed by atoms with Crippen LogP contribution in [0.15, 0.2) is 121 Å². The maximum absolute atomic E-state index is 11.8. The first-order chi connectivity index (χ1) is 45.8. The Balaban J connectivity index is 0.0000000930. The fourth-order valence-corrected chi connectivity index (χ4v) is 18.8. The number of likely N-dealkylation sites (tertiary alicyclic amines) is 2. The molecular formula is C77H94N10O7. The lowest BCUT2D eigenvalue weighted by molar-refractivity contribution is -0.117. The van der Waals surface area contributed by atoms with E-state index in [4.69, 9.17) is 9.47 Å². The molecule has 0 aromatic heterocycles. The van der Waals surface area contributed by atoms with Crippen LogP contribution in [0.1, 0.15) is 112 Å². The first-order valence-electron chi connectivity index (χ1n) is 35.7. The van der Waals surface area contributed by atoms with Crippen LogP contribution in [-0.4, -0.2) is 164 Å². The lowest BCUT2D eigenvalue weighted by Gasteiger charge is -2.20. The number of amides is 5. The maximum Gasteiger partial charge on any atom is 0.414 e. The number of hydrogen-bond acceptors (Lipinski definition) is 12. The Morgan fingerprint density at radius 3 is 0.851 bits per heavy atom. The zero-order chi connectivity index (χ0) is 64.0. The summed E-state index contributed by atoms with van der Waals surface area (Å²) in [6, 6.07) is 43.3. The second kappa shape index (κ2) is 24.5.